The first-order valence-corrected chi connectivity index (χ1v) is 8.08. The number of fused-ring (bicyclic) bond motifs is 1. The Hall–Kier alpha value is -1.12. The van der Waals surface area contributed by atoms with E-state index in [2.05, 4.69) is 43.6 Å². The van der Waals surface area contributed by atoms with Crippen LogP contribution in [0.25, 0.3) is 0 Å². The van der Waals surface area contributed by atoms with Gasteiger partial charge in [-0.1, -0.05) is 33.6 Å². The molecule has 20 heavy (non-hydrogen) atoms. The topological polar surface area (TPSA) is 29.0 Å². The first-order chi connectivity index (χ1) is 9.47. The molecule has 0 N–H and O–H groups in total. The highest BCUT2D eigenvalue weighted by Crippen LogP contribution is 2.41. The van der Waals surface area contributed by atoms with E-state index in [1.807, 2.05) is 6.20 Å². The monoisotopic (exact) mass is 273 g/mol. The van der Waals surface area contributed by atoms with E-state index in [0.717, 1.165) is 17.6 Å². The van der Waals surface area contributed by atoms with Gasteiger partial charge in [0.25, 0.3) is 0 Å². The van der Waals surface area contributed by atoms with Gasteiger partial charge in [0.05, 0.1) is 0 Å². The summed E-state index contributed by atoms with van der Waals surface area (Å²) in [6, 6.07) is 3.43. The highest BCUT2D eigenvalue weighted by molar-refractivity contribution is 5.43. The summed E-state index contributed by atoms with van der Waals surface area (Å²) in [5, 5.41) is 0. The second-order valence-electron chi connectivity index (χ2n) is 7.59. The van der Waals surface area contributed by atoms with Crippen molar-refractivity contribution in [1.29, 1.82) is 0 Å². The zero-order chi connectivity index (χ0) is 14.3. The summed E-state index contributed by atoms with van der Waals surface area (Å²) >= 11 is 0. The molecule has 0 aromatic carbocycles. The first-order valence-electron chi connectivity index (χ1n) is 8.08. The van der Waals surface area contributed by atoms with Crippen LogP contribution in [0.4, 0.5) is 5.82 Å². The SMILES string of the molecule is CC1CC2CCCCC2N1c1ccnc(C(C)(C)C)n1. The molecule has 2 fully saturated rings. The molecule has 3 unspecified atom stereocenters. The second kappa shape index (κ2) is 5.01. The third-order valence-corrected chi connectivity index (χ3v) is 4.92. The fraction of sp³-hybridized carbons (Fsp3) is 0.765. The van der Waals surface area contributed by atoms with Crippen molar-refractivity contribution >= 4 is 5.82 Å². The van der Waals surface area contributed by atoms with Gasteiger partial charge >= 0.3 is 0 Å². The van der Waals surface area contributed by atoms with E-state index in [1.165, 1.54) is 32.1 Å². The van der Waals surface area contributed by atoms with Crippen LogP contribution in [0.15, 0.2) is 12.3 Å². The maximum Gasteiger partial charge on any atom is 0.135 e. The van der Waals surface area contributed by atoms with E-state index in [1.54, 1.807) is 0 Å². The molecule has 1 saturated carbocycles. The van der Waals surface area contributed by atoms with Crippen LogP contribution in [0.3, 0.4) is 0 Å². The van der Waals surface area contributed by atoms with E-state index in [0.29, 0.717) is 12.1 Å². The molecule has 2 aliphatic rings. The Kier molecular flexibility index (Phi) is 3.47. The summed E-state index contributed by atoms with van der Waals surface area (Å²) in [6.45, 7) is 8.91. The lowest BCUT2D eigenvalue weighted by Gasteiger charge is -2.34. The Morgan fingerprint density at radius 1 is 1.20 bits per heavy atom. The summed E-state index contributed by atoms with van der Waals surface area (Å²) in [5.41, 5.74) is 0.0188. The minimum Gasteiger partial charge on any atom is -0.351 e. The van der Waals surface area contributed by atoms with Gasteiger partial charge in [-0.25, -0.2) is 9.97 Å². The lowest BCUT2D eigenvalue weighted by molar-refractivity contribution is 0.341. The average molecular weight is 273 g/mol. The number of rotatable bonds is 1. The molecule has 3 rings (SSSR count). The summed E-state index contributed by atoms with van der Waals surface area (Å²) in [6.07, 6.45) is 8.80. The molecule has 3 heteroatoms. The molecule has 3 atom stereocenters. The van der Waals surface area contributed by atoms with Gasteiger partial charge in [0, 0.05) is 23.7 Å². The summed E-state index contributed by atoms with van der Waals surface area (Å²) in [4.78, 5) is 11.9. The number of aromatic nitrogens is 2. The minimum absolute atomic E-state index is 0.0188. The van der Waals surface area contributed by atoms with Crippen molar-refractivity contribution in [2.75, 3.05) is 4.90 Å². The van der Waals surface area contributed by atoms with Crippen molar-refractivity contribution in [3.63, 3.8) is 0 Å². The summed E-state index contributed by atoms with van der Waals surface area (Å²) in [7, 11) is 0. The predicted octanol–water partition coefficient (Wildman–Crippen LogP) is 3.93. The predicted molar refractivity (Wildman–Crippen MR) is 83.0 cm³/mol. The normalized spacial score (nSPS) is 30.4. The lowest BCUT2D eigenvalue weighted by Crippen LogP contribution is -2.38. The quantitative estimate of drug-likeness (QED) is 0.776. The van der Waals surface area contributed by atoms with Crippen molar-refractivity contribution in [3.8, 4) is 0 Å². The van der Waals surface area contributed by atoms with E-state index in [9.17, 15) is 0 Å². The van der Waals surface area contributed by atoms with Crippen LogP contribution >= 0.6 is 0 Å². The van der Waals surface area contributed by atoms with Crippen molar-refractivity contribution < 1.29 is 0 Å². The zero-order valence-electron chi connectivity index (χ0n) is 13.3. The third kappa shape index (κ3) is 2.43. The summed E-state index contributed by atoms with van der Waals surface area (Å²) in [5.74, 6) is 2.99. The largest absolute Gasteiger partial charge is 0.351 e. The Balaban J connectivity index is 1.92. The van der Waals surface area contributed by atoms with Gasteiger partial charge in [-0.05, 0) is 38.2 Å². The van der Waals surface area contributed by atoms with E-state index >= 15 is 0 Å². The number of nitrogens with zero attached hydrogens (tertiary/aromatic N) is 3. The van der Waals surface area contributed by atoms with E-state index in [-0.39, 0.29) is 5.41 Å². The van der Waals surface area contributed by atoms with Gasteiger partial charge in [0.2, 0.25) is 0 Å². The van der Waals surface area contributed by atoms with Gasteiger partial charge in [-0.15, -0.1) is 0 Å². The van der Waals surface area contributed by atoms with Gasteiger partial charge in [-0.2, -0.15) is 0 Å². The zero-order valence-corrected chi connectivity index (χ0v) is 13.3. The first kappa shape index (κ1) is 13.8. The van der Waals surface area contributed by atoms with Crippen molar-refractivity contribution in [2.45, 2.75) is 77.3 Å². The van der Waals surface area contributed by atoms with Crippen molar-refractivity contribution in [2.24, 2.45) is 5.92 Å². The Bertz CT molecular complexity index is 477. The van der Waals surface area contributed by atoms with Crippen molar-refractivity contribution in [3.05, 3.63) is 18.1 Å². The van der Waals surface area contributed by atoms with Gasteiger partial charge in [-0.3, -0.25) is 0 Å². The minimum atomic E-state index is 0.0188. The van der Waals surface area contributed by atoms with Crippen molar-refractivity contribution in [1.82, 2.24) is 9.97 Å². The highest BCUT2D eigenvalue weighted by Gasteiger charge is 2.40. The Morgan fingerprint density at radius 2 is 1.95 bits per heavy atom. The second-order valence-corrected chi connectivity index (χ2v) is 7.59. The molecule has 0 spiro atoms. The highest BCUT2D eigenvalue weighted by atomic mass is 15.3. The van der Waals surface area contributed by atoms with Crippen LogP contribution in [-0.2, 0) is 5.41 Å². The average Bonchev–Trinajstić information content (AvgIpc) is 2.73. The molecular weight excluding hydrogens is 246 g/mol. The molecule has 1 aliphatic heterocycles. The molecule has 3 nitrogen and oxygen atoms in total. The number of hydrogen-bond acceptors (Lipinski definition) is 3. The Morgan fingerprint density at radius 3 is 2.70 bits per heavy atom. The molecule has 0 amide bonds. The van der Waals surface area contributed by atoms with Gasteiger partial charge in [0.1, 0.15) is 11.6 Å². The maximum absolute atomic E-state index is 4.88. The van der Waals surface area contributed by atoms with E-state index < -0.39 is 0 Å². The third-order valence-electron chi connectivity index (χ3n) is 4.92. The number of hydrogen-bond donors (Lipinski definition) is 0. The molecule has 1 aliphatic carbocycles. The molecule has 2 heterocycles. The summed E-state index contributed by atoms with van der Waals surface area (Å²) < 4.78 is 0. The van der Waals surface area contributed by atoms with Crippen LogP contribution in [0.1, 0.15) is 65.6 Å². The standard InChI is InChI=1S/C17H27N3/c1-12-11-13-7-5-6-8-14(13)20(12)15-9-10-18-16(19-15)17(2,3)4/h9-10,12-14H,5-8,11H2,1-4H3. The fourth-order valence-corrected chi connectivity index (χ4v) is 3.96. The van der Waals surface area contributed by atoms with Gasteiger partial charge in [0.15, 0.2) is 0 Å². The molecule has 0 bridgehead atoms. The molecule has 110 valence electrons. The Labute approximate surface area is 122 Å². The molecule has 0 radical (unpaired) electrons. The van der Waals surface area contributed by atoms with Crippen LogP contribution in [0.2, 0.25) is 0 Å². The van der Waals surface area contributed by atoms with Crippen LogP contribution in [0.5, 0.6) is 0 Å². The fourth-order valence-electron chi connectivity index (χ4n) is 3.96. The molecule has 1 aromatic heterocycles. The van der Waals surface area contributed by atoms with Crippen LogP contribution in [-0.4, -0.2) is 22.1 Å². The molecule has 1 aromatic rings. The smallest absolute Gasteiger partial charge is 0.135 e. The lowest BCUT2D eigenvalue weighted by atomic mass is 9.85. The molecular formula is C17H27N3. The van der Waals surface area contributed by atoms with Gasteiger partial charge < -0.3 is 4.90 Å². The number of anilines is 1. The van der Waals surface area contributed by atoms with Crippen LogP contribution < -0.4 is 4.90 Å². The maximum atomic E-state index is 4.88. The van der Waals surface area contributed by atoms with E-state index in [4.69, 9.17) is 4.98 Å². The van der Waals surface area contributed by atoms with Crippen LogP contribution in [0, 0.1) is 5.92 Å². The molecule has 1 saturated heterocycles.